The maximum absolute atomic E-state index is 11.7. The van der Waals surface area contributed by atoms with Crippen molar-refractivity contribution in [2.75, 3.05) is 41.7 Å². The normalized spacial score (nSPS) is 16.1. The number of amides is 1. The minimum atomic E-state index is -0.515. The van der Waals surface area contributed by atoms with Gasteiger partial charge >= 0.3 is 0 Å². The summed E-state index contributed by atoms with van der Waals surface area (Å²) in [5.41, 5.74) is 15.2. The molecule has 152 valence electrons. The van der Waals surface area contributed by atoms with Crippen molar-refractivity contribution in [3.05, 3.63) is 47.0 Å². The molecule has 3 aromatic rings. The molecule has 3 heterocycles. The van der Waals surface area contributed by atoms with Crippen molar-refractivity contribution in [2.24, 2.45) is 5.73 Å². The fourth-order valence-corrected chi connectivity index (χ4v) is 4.79. The second-order valence-electron chi connectivity index (χ2n) is 7.31. The number of anilines is 3. The predicted octanol–water partition coefficient (Wildman–Crippen LogP) is 2.75. The number of fused-ring (bicyclic) bond motifs is 1. The largest absolute Gasteiger partial charge is 0.397 e. The van der Waals surface area contributed by atoms with Crippen molar-refractivity contribution >= 4 is 44.5 Å². The average Bonchev–Trinajstić information content (AvgIpc) is 2.89. The molecule has 0 bridgehead atoms. The number of carbonyl (C=O) groups excluding carboxylic acids is 1. The third kappa shape index (κ3) is 3.73. The molecule has 5 N–H and O–H groups in total. The first-order valence-electron chi connectivity index (χ1n) is 9.70. The number of aliphatic hydroxyl groups excluding tert-OH is 1. The molecule has 1 aromatic carbocycles. The predicted molar refractivity (Wildman–Crippen MR) is 119 cm³/mol. The lowest BCUT2D eigenvalue weighted by Gasteiger charge is -2.25. The van der Waals surface area contributed by atoms with Crippen LogP contribution in [-0.4, -0.2) is 42.2 Å². The van der Waals surface area contributed by atoms with Gasteiger partial charge in [0.25, 0.3) is 5.91 Å². The number of hydrogen-bond donors (Lipinski definition) is 3. The molecule has 2 aromatic heterocycles. The summed E-state index contributed by atoms with van der Waals surface area (Å²) in [6, 6.07) is 10.1. The Bertz CT molecular complexity index is 1030. The first-order chi connectivity index (χ1) is 14.0. The van der Waals surface area contributed by atoms with Gasteiger partial charge in [-0.05, 0) is 37.1 Å². The Hall–Kier alpha value is -2.84. The number of nitrogen functional groups attached to an aromatic ring is 1. The number of rotatable bonds is 4. The van der Waals surface area contributed by atoms with Gasteiger partial charge in [-0.2, -0.15) is 0 Å². The van der Waals surface area contributed by atoms with Crippen molar-refractivity contribution in [2.45, 2.75) is 19.4 Å². The molecule has 1 fully saturated rings. The zero-order chi connectivity index (χ0) is 20.5. The standard InChI is InChI=1S/C21H25N5O2S/c1-13(27)14-3-5-15(6-4-14)25-9-2-10-26(12-11-25)16-7-8-24-21-17(16)18(22)19(29-21)20(23)28/h3-8,13,27H,2,9-12,22H2,1H3,(H2,23,28). The molecule has 1 amide bonds. The second kappa shape index (κ2) is 7.88. The van der Waals surface area contributed by atoms with Gasteiger partial charge in [-0.25, -0.2) is 4.98 Å². The van der Waals surface area contributed by atoms with Crippen LogP contribution in [0.4, 0.5) is 17.1 Å². The zero-order valence-electron chi connectivity index (χ0n) is 16.3. The van der Waals surface area contributed by atoms with Gasteiger partial charge in [-0.3, -0.25) is 4.79 Å². The van der Waals surface area contributed by atoms with Crippen molar-refractivity contribution in [3.63, 3.8) is 0 Å². The highest BCUT2D eigenvalue weighted by Gasteiger charge is 2.22. The molecule has 0 spiro atoms. The Morgan fingerprint density at radius 2 is 1.83 bits per heavy atom. The summed E-state index contributed by atoms with van der Waals surface area (Å²) in [7, 11) is 0. The first kappa shape index (κ1) is 19.5. The summed E-state index contributed by atoms with van der Waals surface area (Å²) >= 11 is 1.25. The molecule has 1 aliphatic heterocycles. The Labute approximate surface area is 173 Å². The highest BCUT2D eigenvalue weighted by atomic mass is 32.1. The average molecular weight is 412 g/mol. The fraction of sp³-hybridized carbons (Fsp3) is 0.333. The molecule has 0 radical (unpaired) electrons. The molecular weight excluding hydrogens is 386 g/mol. The van der Waals surface area contributed by atoms with E-state index in [1.54, 1.807) is 13.1 Å². The van der Waals surface area contributed by atoms with E-state index in [2.05, 4.69) is 26.9 Å². The molecule has 1 atom stereocenters. The van der Waals surface area contributed by atoms with Crippen molar-refractivity contribution in [1.82, 2.24) is 4.98 Å². The van der Waals surface area contributed by atoms with E-state index in [4.69, 9.17) is 11.5 Å². The Morgan fingerprint density at radius 3 is 2.52 bits per heavy atom. The van der Waals surface area contributed by atoms with Gasteiger partial charge in [-0.1, -0.05) is 12.1 Å². The molecule has 1 saturated heterocycles. The highest BCUT2D eigenvalue weighted by molar-refractivity contribution is 7.21. The third-order valence-electron chi connectivity index (χ3n) is 5.41. The summed E-state index contributed by atoms with van der Waals surface area (Å²) < 4.78 is 0. The lowest BCUT2D eigenvalue weighted by atomic mass is 10.1. The zero-order valence-corrected chi connectivity index (χ0v) is 17.2. The number of benzene rings is 1. The molecule has 8 heteroatoms. The maximum atomic E-state index is 11.7. The van der Waals surface area contributed by atoms with Crippen LogP contribution < -0.4 is 21.3 Å². The van der Waals surface area contributed by atoms with E-state index >= 15 is 0 Å². The van der Waals surface area contributed by atoms with Crippen molar-refractivity contribution < 1.29 is 9.90 Å². The lowest BCUT2D eigenvalue weighted by Crippen LogP contribution is -2.30. The van der Waals surface area contributed by atoms with Crippen LogP contribution in [-0.2, 0) is 0 Å². The van der Waals surface area contributed by atoms with E-state index in [1.165, 1.54) is 11.3 Å². The van der Waals surface area contributed by atoms with Crippen molar-refractivity contribution in [1.29, 1.82) is 0 Å². The topological polar surface area (TPSA) is 109 Å². The van der Waals surface area contributed by atoms with E-state index in [9.17, 15) is 9.90 Å². The number of thiophene rings is 1. The fourth-order valence-electron chi connectivity index (χ4n) is 3.86. The summed E-state index contributed by atoms with van der Waals surface area (Å²) in [5, 5.41) is 10.5. The molecule has 7 nitrogen and oxygen atoms in total. The lowest BCUT2D eigenvalue weighted by molar-refractivity contribution is 0.100. The quantitative estimate of drug-likeness (QED) is 0.609. The van der Waals surface area contributed by atoms with E-state index in [0.717, 1.165) is 59.8 Å². The van der Waals surface area contributed by atoms with Crippen LogP contribution in [0.5, 0.6) is 0 Å². The number of pyridine rings is 1. The molecule has 0 aliphatic carbocycles. The van der Waals surface area contributed by atoms with Gasteiger partial charge in [0.05, 0.1) is 22.9 Å². The molecule has 29 heavy (non-hydrogen) atoms. The summed E-state index contributed by atoms with van der Waals surface area (Å²) in [6.07, 6.45) is 2.30. The van der Waals surface area contributed by atoms with E-state index in [1.807, 2.05) is 18.2 Å². The minimum Gasteiger partial charge on any atom is -0.397 e. The Balaban J connectivity index is 1.58. The van der Waals surface area contributed by atoms with Gasteiger partial charge in [0.15, 0.2) is 0 Å². The van der Waals surface area contributed by atoms with Crippen molar-refractivity contribution in [3.8, 4) is 0 Å². The monoisotopic (exact) mass is 411 g/mol. The van der Waals surface area contributed by atoms with Crippen LogP contribution in [0.15, 0.2) is 36.5 Å². The number of nitrogens with two attached hydrogens (primary N) is 2. The molecule has 0 saturated carbocycles. The van der Waals surface area contributed by atoms with Gasteiger partial charge in [0.2, 0.25) is 0 Å². The van der Waals surface area contributed by atoms with Crippen LogP contribution >= 0.6 is 11.3 Å². The van der Waals surface area contributed by atoms with E-state index < -0.39 is 12.0 Å². The SMILES string of the molecule is CC(O)c1ccc(N2CCCN(c3ccnc4sc(C(N)=O)c(N)c34)CC2)cc1. The van der Waals surface area contributed by atoms with Crippen LogP contribution in [0.2, 0.25) is 0 Å². The number of aliphatic hydroxyl groups is 1. The van der Waals surface area contributed by atoms with Crippen LogP contribution in [0, 0.1) is 0 Å². The Morgan fingerprint density at radius 1 is 1.14 bits per heavy atom. The van der Waals surface area contributed by atoms with E-state index in [-0.39, 0.29) is 0 Å². The number of primary amides is 1. The van der Waals surface area contributed by atoms with Gasteiger partial charge in [0.1, 0.15) is 9.71 Å². The van der Waals surface area contributed by atoms with Gasteiger partial charge < -0.3 is 26.4 Å². The maximum Gasteiger partial charge on any atom is 0.260 e. The number of hydrogen-bond acceptors (Lipinski definition) is 7. The summed E-state index contributed by atoms with van der Waals surface area (Å²) in [5.74, 6) is -0.515. The second-order valence-corrected chi connectivity index (χ2v) is 8.31. The minimum absolute atomic E-state index is 0.370. The first-order valence-corrected chi connectivity index (χ1v) is 10.5. The number of aromatic nitrogens is 1. The molecular formula is C21H25N5O2S. The van der Waals surface area contributed by atoms with Crippen LogP contribution in [0.25, 0.3) is 10.2 Å². The number of carbonyl (C=O) groups is 1. The van der Waals surface area contributed by atoms with Gasteiger partial charge in [0, 0.05) is 38.1 Å². The Kier molecular flexibility index (Phi) is 5.29. The van der Waals surface area contributed by atoms with E-state index in [0.29, 0.717) is 10.6 Å². The molecule has 4 rings (SSSR count). The molecule has 1 aliphatic rings. The highest BCUT2D eigenvalue weighted by Crippen LogP contribution is 2.38. The van der Waals surface area contributed by atoms with Crippen LogP contribution in [0.1, 0.15) is 34.7 Å². The molecule has 1 unspecified atom stereocenters. The third-order valence-corrected chi connectivity index (χ3v) is 6.54. The van der Waals surface area contributed by atoms with Crippen LogP contribution in [0.3, 0.4) is 0 Å². The number of nitrogens with zero attached hydrogens (tertiary/aromatic N) is 3. The van der Waals surface area contributed by atoms with Gasteiger partial charge in [-0.15, -0.1) is 11.3 Å². The summed E-state index contributed by atoms with van der Waals surface area (Å²) in [4.78, 5) is 21.8. The smallest absolute Gasteiger partial charge is 0.260 e. The summed E-state index contributed by atoms with van der Waals surface area (Å²) in [6.45, 7) is 5.31.